The number of amides is 1. The van der Waals surface area contributed by atoms with Gasteiger partial charge in [-0.25, -0.2) is 9.59 Å². The third-order valence-electron chi connectivity index (χ3n) is 1.65. The van der Waals surface area contributed by atoms with Crippen molar-refractivity contribution in [3.8, 4) is 0 Å². The fourth-order valence-electron chi connectivity index (χ4n) is 0.882. The van der Waals surface area contributed by atoms with Gasteiger partial charge in [-0.2, -0.15) is 0 Å². The minimum Gasteiger partial charge on any atom is -0.371 e. The number of aromatic nitrogens is 2. The third-order valence-corrected chi connectivity index (χ3v) is 4.29. The average molecular weight is 277 g/mol. The SMILES string of the molecule is CCCCS(=O)c1nnc(C(=O)OC(N)=O)s1. The summed E-state index contributed by atoms with van der Waals surface area (Å²) in [6.45, 7) is 1.98. The predicted octanol–water partition coefficient (Wildman–Crippen LogP) is 0.681. The Bertz CT molecular complexity index is 446. The van der Waals surface area contributed by atoms with Crippen LogP contribution in [0.3, 0.4) is 0 Å². The van der Waals surface area contributed by atoms with Crippen LogP contribution in [0.15, 0.2) is 4.34 Å². The number of nitrogens with zero attached hydrogens (tertiary/aromatic N) is 2. The highest BCUT2D eigenvalue weighted by molar-refractivity contribution is 7.87. The van der Waals surface area contributed by atoms with Crippen LogP contribution in [0.5, 0.6) is 0 Å². The maximum atomic E-state index is 11.6. The number of hydrogen-bond donors (Lipinski definition) is 1. The van der Waals surface area contributed by atoms with Gasteiger partial charge in [0.2, 0.25) is 9.35 Å². The zero-order valence-corrected chi connectivity index (χ0v) is 10.7. The molecule has 0 bridgehead atoms. The van der Waals surface area contributed by atoms with Crippen molar-refractivity contribution >= 4 is 34.2 Å². The summed E-state index contributed by atoms with van der Waals surface area (Å²) in [5.41, 5.74) is 4.68. The number of esters is 1. The number of ether oxygens (including phenoxy) is 1. The van der Waals surface area contributed by atoms with Crippen molar-refractivity contribution < 1.29 is 18.5 Å². The van der Waals surface area contributed by atoms with E-state index in [4.69, 9.17) is 0 Å². The molecule has 1 heterocycles. The Morgan fingerprint density at radius 1 is 1.47 bits per heavy atom. The van der Waals surface area contributed by atoms with Gasteiger partial charge < -0.3 is 10.5 Å². The van der Waals surface area contributed by atoms with E-state index in [1.165, 1.54) is 0 Å². The Morgan fingerprint density at radius 3 is 2.76 bits per heavy atom. The number of hydrogen-bond acceptors (Lipinski definition) is 7. The number of carbonyl (C=O) groups is 2. The molecule has 1 unspecified atom stereocenters. The third kappa shape index (κ3) is 4.19. The van der Waals surface area contributed by atoms with E-state index < -0.39 is 22.9 Å². The van der Waals surface area contributed by atoms with Crippen molar-refractivity contribution in [2.24, 2.45) is 5.73 Å². The molecule has 1 amide bonds. The highest BCUT2D eigenvalue weighted by atomic mass is 32.2. The molecule has 0 radical (unpaired) electrons. The van der Waals surface area contributed by atoms with Gasteiger partial charge in [0.25, 0.3) is 0 Å². The second kappa shape index (κ2) is 6.40. The van der Waals surface area contributed by atoms with Crippen LogP contribution in [-0.2, 0) is 15.5 Å². The molecule has 0 aliphatic carbocycles. The van der Waals surface area contributed by atoms with Gasteiger partial charge in [0.1, 0.15) is 0 Å². The van der Waals surface area contributed by atoms with Gasteiger partial charge >= 0.3 is 12.1 Å². The molecule has 1 rings (SSSR count). The summed E-state index contributed by atoms with van der Waals surface area (Å²) in [7, 11) is -1.27. The Balaban J connectivity index is 2.67. The minimum absolute atomic E-state index is 0.136. The molecule has 1 aromatic heterocycles. The van der Waals surface area contributed by atoms with Crippen LogP contribution < -0.4 is 5.73 Å². The van der Waals surface area contributed by atoms with Gasteiger partial charge in [-0.05, 0) is 6.42 Å². The first-order valence-electron chi connectivity index (χ1n) is 4.78. The second-order valence-electron chi connectivity index (χ2n) is 2.98. The molecule has 2 N–H and O–H groups in total. The van der Waals surface area contributed by atoms with Gasteiger partial charge in [0.05, 0.1) is 10.8 Å². The minimum atomic E-state index is -1.27. The maximum absolute atomic E-state index is 11.6. The van der Waals surface area contributed by atoms with Crippen LogP contribution in [0.1, 0.15) is 29.6 Å². The molecular formula is C8H11N3O4S2. The molecule has 94 valence electrons. The van der Waals surface area contributed by atoms with E-state index in [2.05, 4.69) is 20.7 Å². The lowest BCUT2D eigenvalue weighted by Crippen LogP contribution is -2.18. The molecule has 17 heavy (non-hydrogen) atoms. The Labute approximate surface area is 104 Å². The van der Waals surface area contributed by atoms with E-state index in [9.17, 15) is 13.8 Å². The standard InChI is InChI=1S/C8H11N3O4S2/c1-2-3-4-17(14)8-11-10-5(16-8)6(12)15-7(9)13/h2-4H2,1H3,(H2,9,13). The van der Waals surface area contributed by atoms with Crippen molar-refractivity contribution in [2.45, 2.75) is 24.1 Å². The summed E-state index contributed by atoms with van der Waals surface area (Å²) in [5, 5.41) is 6.97. The highest BCUT2D eigenvalue weighted by Gasteiger charge is 2.18. The van der Waals surface area contributed by atoms with Crippen LogP contribution in [0.4, 0.5) is 4.79 Å². The van der Waals surface area contributed by atoms with Crippen LogP contribution in [0.2, 0.25) is 0 Å². The maximum Gasteiger partial charge on any atom is 0.412 e. The molecule has 0 aromatic carbocycles. The molecule has 0 aliphatic rings. The second-order valence-corrected chi connectivity index (χ2v) is 5.71. The predicted molar refractivity (Wildman–Crippen MR) is 61.1 cm³/mol. The highest BCUT2D eigenvalue weighted by Crippen LogP contribution is 2.15. The zero-order valence-electron chi connectivity index (χ0n) is 9.04. The van der Waals surface area contributed by atoms with Crippen LogP contribution in [0.25, 0.3) is 0 Å². The average Bonchev–Trinajstić information content (AvgIpc) is 2.74. The molecule has 1 aromatic rings. The quantitative estimate of drug-likeness (QED) is 0.625. The monoisotopic (exact) mass is 277 g/mol. The fourth-order valence-corrected chi connectivity index (χ4v) is 3.05. The van der Waals surface area contributed by atoms with E-state index in [1.54, 1.807) is 0 Å². The summed E-state index contributed by atoms with van der Waals surface area (Å²) in [5.74, 6) is -0.510. The molecule has 1 atom stereocenters. The first-order chi connectivity index (χ1) is 8.04. The molecule has 0 saturated heterocycles. The number of rotatable bonds is 5. The lowest BCUT2D eigenvalue weighted by atomic mass is 10.4. The molecular weight excluding hydrogens is 266 g/mol. The first kappa shape index (κ1) is 13.7. The van der Waals surface area contributed by atoms with Gasteiger partial charge in [-0.15, -0.1) is 10.2 Å². The molecule has 0 aliphatic heterocycles. The molecule has 9 heteroatoms. The van der Waals surface area contributed by atoms with Crippen LogP contribution in [0, 0.1) is 0 Å². The molecule has 0 spiro atoms. The number of nitrogens with two attached hydrogens (primary N) is 1. The van der Waals surface area contributed by atoms with E-state index >= 15 is 0 Å². The summed E-state index contributed by atoms with van der Waals surface area (Å²) < 4.78 is 16.0. The fraction of sp³-hybridized carbons (Fsp3) is 0.500. The summed E-state index contributed by atoms with van der Waals surface area (Å²) in [6.07, 6.45) is 0.507. The Hall–Kier alpha value is -1.35. The molecule has 0 saturated carbocycles. The lowest BCUT2D eigenvalue weighted by molar-refractivity contribution is 0.0637. The van der Waals surface area contributed by atoms with Crippen molar-refractivity contribution in [3.05, 3.63) is 5.01 Å². The lowest BCUT2D eigenvalue weighted by Gasteiger charge is -1.94. The largest absolute Gasteiger partial charge is 0.412 e. The van der Waals surface area contributed by atoms with Crippen LogP contribution in [-0.4, -0.2) is 32.2 Å². The van der Waals surface area contributed by atoms with E-state index in [0.717, 1.165) is 24.2 Å². The normalized spacial score (nSPS) is 12.1. The van der Waals surface area contributed by atoms with E-state index in [0.29, 0.717) is 5.75 Å². The van der Waals surface area contributed by atoms with Gasteiger partial charge in [-0.3, -0.25) is 4.21 Å². The number of primary amides is 1. The van der Waals surface area contributed by atoms with Gasteiger partial charge in [0, 0.05) is 5.75 Å². The molecule has 7 nitrogen and oxygen atoms in total. The topological polar surface area (TPSA) is 112 Å². The summed E-state index contributed by atoms with van der Waals surface area (Å²) in [4.78, 5) is 21.5. The smallest absolute Gasteiger partial charge is 0.371 e. The Kier molecular flexibility index (Phi) is 5.16. The van der Waals surface area contributed by atoms with E-state index in [1.807, 2.05) is 6.92 Å². The Morgan fingerprint density at radius 2 is 2.18 bits per heavy atom. The van der Waals surface area contributed by atoms with Gasteiger partial charge in [0.15, 0.2) is 0 Å². The number of carbonyl (C=O) groups excluding carboxylic acids is 2. The van der Waals surface area contributed by atoms with Crippen molar-refractivity contribution in [1.82, 2.24) is 10.2 Å². The van der Waals surface area contributed by atoms with Gasteiger partial charge in [-0.1, -0.05) is 24.7 Å². The molecule has 0 fully saturated rings. The summed E-state index contributed by atoms with van der Waals surface area (Å²) >= 11 is 0.837. The van der Waals surface area contributed by atoms with Crippen molar-refractivity contribution in [2.75, 3.05) is 5.75 Å². The van der Waals surface area contributed by atoms with Crippen LogP contribution >= 0.6 is 11.3 Å². The number of unbranched alkanes of at least 4 members (excludes halogenated alkanes) is 1. The first-order valence-corrected chi connectivity index (χ1v) is 6.91. The van der Waals surface area contributed by atoms with Crippen molar-refractivity contribution in [1.29, 1.82) is 0 Å². The zero-order chi connectivity index (χ0) is 12.8. The van der Waals surface area contributed by atoms with Crippen molar-refractivity contribution in [3.63, 3.8) is 0 Å². The van der Waals surface area contributed by atoms with E-state index in [-0.39, 0.29) is 9.35 Å². The summed E-state index contributed by atoms with van der Waals surface area (Å²) in [6, 6.07) is 0.